The second-order valence-corrected chi connectivity index (χ2v) is 6.09. The minimum atomic E-state index is 0.0545. The van der Waals surface area contributed by atoms with E-state index in [1.54, 1.807) is 6.26 Å². The van der Waals surface area contributed by atoms with Crippen LogP contribution in [-0.4, -0.2) is 39.3 Å². The van der Waals surface area contributed by atoms with Crippen LogP contribution in [0.5, 0.6) is 0 Å². The Morgan fingerprint density at radius 1 is 1.48 bits per heavy atom. The largest absolute Gasteiger partial charge is 0.472 e. The van der Waals surface area contributed by atoms with E-state index in [0.29, 0.717) is 12.0 Å². The van der Waals surface area contributed by atoms with Crippen molar-refractivity contribution in [1.82, 2.24) is 20.1 Å². The fraction of sp³-hybridized carbons (Fsp3) is 0.600. The lowest BCUT2D eigenvalue weighted by molar-refractivity contribution is -0.0119. The molecule has 4 rings (SSSR count). The number of furan rings is 1. The Morgan fingerprint density at radius 3 is 3.19 bits per heavy atom. The second kappa shape index (κ2) is 5.27. The van der Waals surface area contributed by atoms with Gasteiger partial charge in [-0.3, -0.25) is 10.00 Å². The Morgan fingerprint density at radius 2 is 2.43 bits per heavy atom. The first kappa shape index (κ1) is 13.0. The standard InChI is InChI=1S/C15H20N4O2/c1-10-16-15(18-17-10)13-6-12-2-4-19(8-14(12)21-13)7-11-3-5-20-9-11/h3,5,9,12-14H,2,4,6-8H2,1H3,(H,16,17,18)/t12-,13+,14+/m1/s1. The lowest BCUT2D eigenvalue weighted by Crippen LogP contribution is -2.41. The summed E-state index contributed by atoms with van der Waals surface area (Å²) in [5, 5.41) is 7.15. The predicted molar refractivity (Wildman–Crippen MR) is 75.4 cm³/mol. The molecule has 2 saturated heterocycles. The molecule has 0 bridgehead atoms. The number of likely N-dealkylation sites (tertiary alicyclic amines) is 1. The molecule has 0 aliphatic carbocycles. The van der Waals surface area contributed by atoms with Gasteiger partial charge in [-0.1, -0.05) is 0 Å². The van der Waals surface area contributed by atoms with E-state index in [-0.39, 0.29) is 6.10 Å². The summed E-state index contributed by atoms with van der Waals surface area (Å²) in [5.74, 6) is 2.29. The molecule has 3 atom stereocenters. The maximum Gasteiger partial charge on any atom is 0.179 e. The summed E-state index contributed by atoms with van der Waals surface area (Å²) in [7, 11) is 0. The van der Waals surface area contributed by atoms with Gasteiger partial charge in [-0.2, -0.15) is 5.10 Å². The normalized spacial score (nSPS) is 29.7. The molecule has 2 fully saturated rings. The fourth-order valence-electron chi connectivity index (χ4n) is 3.45. The molecule has 1 N–H and O–H groups in total. The van der Waals surface area contributed by atoms with Crippen LogP contribution in [0.15, 0.2) is 23.0 Å². The highest BCUT2D eigenvalue weighted by atomic mass is 16.5. The van der Waals surface area contributed by atoms with Crippen molar-refractivity contribution >= 4 is 0 Å². The summed E-state index contributed by atoms with van der Waals surface area (Å²) < 4.78 is 11.3. The summed E-state index contributed by atoms with van der Waals surface area (Å²) >= 11 is 0. The predicted octanol–water partition coefficient (Wildman–Crippen LogP) is 2.06. The van der Waals surface area contributed by atoms with Gasteiger partial charge in [0, 0.05) is 18.7 Å². The Bertz CT molecular complexity index is 595. The molecule has 0 aromatic carbocycles. The first-order valence-electron chi connectivity index (χ1n) is 7.56. The maximum atomic E-state index is 6.20. The number of nitrogens with zero attached hydrogens (tertiary/aromatic N) is 3. The SMILES string of the molecule is Cc1nc([C@@H]2C[C@H]3CCN(Cc4ccoc4)C[C@@H]3O2)n[nH]1. The zero-order chi connectivity index (χ0) is 14.2. The number of ether oxygens (including phenoxy) is 1. The van der Waals surface area contributed by atoms with E-state index >= 15 is 0 Å². The molecule has 112 valence electrons. The minimum Gasteiger partial charge on any atom is -0.472 e. The molecular weight excluding hydrogens is 268 g/mol. The topological polar surface area (TPSA) is 67.2 Å². The summed E-state index contributed by atoms with van der Waals surface area (Å²) in [5.41, 5.74) is 1.23. The lowest BCUT2D eigenvalue weighted by Gasteiger charge is -2.33. The van der Waals surface area contributed by atoms with E-state index in [4.69, 9.17) is 9.15 Å². The first-order valence-corrected chi connectivity index (χ1v) is 7.56. The van der Waals surface area contributed by atoms with Gasteiger partial charge in [0.25, 0.3) is 0 Å². The Hall–Kier alpha value is -1.66. The van der Waals surface area contributed by atoms with Crippen LogP contribution in [0.4, 0.5) is 0 Å². The van der Waals surface area contributed by atoms with Gasteiger partial charge >= 0.3 is 0 Å². The second-order valence-electron chi connectivity index (χ2n) is 6.09. The summed E-state index contributed by atoms with van der Waals surface area (Å²) in [6.07, 6.45) is 6.13. The van der Waals surface area contributed by atoms with Crippen molar-refractivity contribution in [2.45, 2.75) is 38.5 Å². The van der Waals surface area contributed by atoms with Crippen LogP contribution in [0.2, 0.25) is 0 Å². The molecule has 6 nitrogen and oxygen atoms in total. The quantitative estimate of drug-likeness (QED) is 0.936. The van der Waals surface area contributed by atoms with Gasteiger partial charge in [0.1, 0.15) is 11.9 Å². The third-order valence-corrected chi connectivity index (χ3v) is 4.52. The van der Waals surface area contributed by atoms with Gasteiger partial charge in [0.05, 0.1) is 18.6 Å². The van der Waals surface area contributed by atoms with Crippen molar-refractivity contribution in [1.29, 1.82) is 0 Å². The molecule has 4 heterocycles. The molecule has 2 aliphatic heterocycles. The Kier molecular flexibility index (Phi) is 3.27. The molecule has 0 spiro atoms. The van der Waals surface area contributed by atoms with Gasteiger partial charge in [-0.05, 0) is 38.3 Å². The maximum absolute atomic E-state index is 6.20. The van der Waals surface area contributed by atoms with E-state index in [1.165, 1.54) is 12.0 Å². The molecule has 6 heteroatoms. The van der Waals surface area contributed by atoms with Gasteiger partial charge in [0.2, 0.25) is 0 Å². The fourth-order valence-corrected chi connectivity index (χ4v) is 3.45. The van der Waals surface area contributed by atoms with Crippen LogP contribution in [0.1, 0.15) is 36.2 Å². The average Bonchev–Trinajstić information content (AvgIpc) is 3.18. The van der Waals surface area contributed by atoms with Crippen molar-refractivity contribution in [3.63, 3.8) is 0 Å². The van der Waals surface area contributed by atoms with Crippen LogP contribution in [0.25, 0.3) is 0 Å². The van der Waals surface area contributed by atoms with Crippen LogP contribution < -0.4 is 0 Å². The molecule has 2 aliphatic rings. The Balaban J connectivity index is 1.40. The van der Waals surface area contributed by atoms with Crippen molar-refractivity contribution in [2.24, 2.45) is 5.92 Å². The van der Waals surface area contributed by atoms with Gasteiger partial charge in [0.15, 0.2) is 5.82 Å². The molecular formula is C15H20N4O2. The molecule has 0 radical (unpaired) electrons. The van der Waals surface area contributed by atoms with E-state index in [9.17, 15) is 0 Å². The molecule has 21 heavy (non-hydrogen) atoms. The molecule has 0 saturated carbocycles. The Labute approximate surface area is 123 Å². The number of aromatic amines is 1. The van der Waals surface area contributed by atoms with Gasteiger partial charge in [-0.15, -0.1) is 0 Å². The third-order valence-electron chi connectivity index (χ3n) is 4.52. The number of nitrogens with one attached hydrogen (secondary N) is 1. The summed E-state index contributed by atoms with van der Waals surface area (Å²) in [6, 6.07) is 2.03. The van der Waals surface area contributed by atoms with Crippen LogP contribution in [-0.2, 0) is 11.3 Å². The van der Waals surface area contributed by atoms with E-state index in [2.05, 4.69) is 20.1 Å². The number of H-pyrrole nitrogens is 1. The van der Waals surface area contributed by atoms with Crippen molar-refractivity contribution in [3.8, 4) is 0 Å². The highest BCUT2D eigenvalue weighted by Gasteiger charge is 2.40. The number of fused-ring (bicyclic) bond motifs is 1. The van der Waals surface area contributed by atoms with E-state index in [0.717, 1.165) is 37.7 Å². The molecule has 2 aromatic rings. The zero-order valence-corrected chi connectivity index (χ0v) is 12.2. The minimum absolute atomic E-state index is 0.0545. The average molecular weight is 288 g/mol. The number of rotatable bonds is 3. The molecule has 2 aromatic heterocycles. The van der Waals surface area contributed by atoms with Crippen LogP contribution in [0.3, 0.4) is 0 Å². The van der Waals surface area contributed by atoms with E-state index < -0.39 is 0 Å². The van der Waals surface area contributed by atoms with Crippen molar-refractivity contribution in [2.75, 3.05) is 13.1 Å². The van der Waals surface area contributed by atoms with Gasteiger partial charge < -0.3 is 9.15 Å². The van der Waals surface area contributed by atoms with Crippen molar-refractivity contribution < 1.29 is 9.15 Å². The number of aryl methyl sites for hydroxylation is 1. The smallest absolute Gasteiger partial charge is 0.179 e. The van der Waals surface area contributed by atoms with Crippen LogP contribution >= 0.6 is 0 Å². The van der Waals surface area contributed by atoms with Crippen molar-refractivity contribution in [3.05, 3.63) is 35.8 Å². The third kappa shape index (κ3) is 2.61. The molecule has 0 amide bonds. The highest BCUT2D eigenvalue weighted by Crippen LogP contribution is 2.40. The first-order chi connectivity index (χ1) is 10.3. The number of aromatic nitrogens is 3. The molecule has 0 unspecified atom stereocenters. The van der Waals surface area contributed by atoms with E-state index in [1.807, 2.05) is 19.3 Å². The lowest BCUT2D eigenvalue weighted by atomic mass is 9.91. The monoisotopic (exact) mass is 288 g/mol. The summed E-state index contributed by atoms with van der Waals surface area (Å²) in [4.78, 5) is 6.85. The number of hydrogen-bond donors (Lipinski definition) is 1. The number of piperidine rings is 1. The van der Waals surface area contributed by atoms with Crippen LogP contribution in [0, 0.1) is 12.8 Å². The number of hydrogen-bond acceptors (Lipinski definition) is 5. The summed E-state index contributed by atoms with van der Waals surface area (Å²) in [6.45, 7) is 4.96. The highest BCUT2D eigenvalue weighted by molar-refractivity contribution is 5.06. The van der Waals surface area contributed by atoms with Gasteiger partial charge in [-0.25, -0.2) is 4.98 Å². The zero-order valence-electron chi connectivity index (χ0n) is 12.2.